The summed E-state index contributed by atoms with van der Waals surface area (Å²) < 4.78 is 15.1. The molecule has 0 atom stereocenters. The summed E-state index contributed by atoms with van der Waals surface area (Å²) in [7, 11) is 0. The topological polar surface area (TPSA) is 37.6 Å². The normalized spacial score (nSPS) is 11.0. The van der Waals surface area contributed by atoms with Crippen LogP contribution in [0.2, 0.25) is 0 Å². The van der Waals surface area contributed by atoms with Crippen LogP contribution in [0.1, 0.15) is 24.3 Å². The first-order valence-corrected chi connectivity index (χ1v) is 8.03. The molecule has 0 N–H and O–H groups in total. The average molecular weight is 317 g/mol. The van der Waals surface area contributed by atoms with Gasteiger partial charge in [-0.05, 0) is 26.0 Å². The van der Waals surface area contributed by atoms with E-state index in [-0.39, 0.29) is 11.7 Å². The number of nitrogens with zero attached hydrogens (tertiary/aromatic N) is 3. The molecule has 0 aliphatic carbocycles. The summed E-state index contributed by atoms with van der Waals surface area (Å²) in [5, 5.41) is 1.82. The molecule has 0 saturated carbocycles. The van der Waals surface area contributed by atoms with Gasteiger partial charge in [-0.15, -0.1) is 11.3 Å². The molecule has 0 unspecified atom stereocenters. The Kier molecular flexibility index (Phi) is 3.94. The largest absolute Gasteiger partial charge is 0.338 e. The van der Waals surface area contributed by atoms with E-state index < -0.39 is 0 Å². The predicted molar refractivity (Wildman–Crippen MR) is 85.7 cm³/mol. The molecule has 0 radical (unpaired) electrons. The van der Waals surface area contributed by atoms with Gasteiger partial charge >= 0.3 is 0 Å². The van der Waals surface area contributed by atoms with Crippen LogP contribution in [0.15, 0.2) is 35.8 Å². The van der Waals surface area contributed by atoms with Crippen molar-refractivity contribution in [1.29, 1.82) is 0 Å². The standard InChI is InChI=1S/C16H16FN3OS/c1-3-19(4-2)15(21)14-10-22-16-18-13(9-20(14)16)11-6-5-7-12(17)8-11/h5-10H,3-4H2,1-2H3. The van der Waals surface area contributed by atoms with Gasteiger partial charge < -0.3 is 4.90 Å². The first-order valence-electron chi connectivity index (χ1n) is 7.15. The van der Waals surface area contributed by atoms with Crippen LogP contribution in [0, 0.1) is 5.82 Å². The molecule has 6 heteroatoms. The highest BCUT2D eigenvalue weighted by Gasteiger charge is 2.19. The van der Waals surface area contributed by atoms with Gasteiger partial charge in [-0.2, -0.15) is 0 Å². The van der Waals surface area contributed by atoms with Crippen molar-refractivity contribution >= 4 is 22.2 Å². The van der Waals surface area contributed by atoms with Crippen molar-refractivity contribution in [3.8, 4) is 11.3 Å². The number of carbonyl (C=O) groups excluding carboxylic acids is 1. The van der Waals surface area contributed by atoms with Gasteiger partial charge in [-0.3, -0.25) is 9.20 Å². The maximum atomic E-state index is 13.3. The minimum absolute atomic E-state index is 0.0144. The van der Waals surface area contributed by atoms with Gasteiger partial charge in [-0.1, -0.05) is 12.1 Å². The second-order valence-electron chi connectivity index (χ2n) is 4.89. The highest BCUT2D eigenvalue weighted by molar-refractivity contribution is 7.15. The minimum Gasteiger partial charge on any atom is -0.338 e. The number of hydrogen-bond donors (Lipinski definition) is 0. The van der Waals surface area contributed by atoms with E-state index in [0.29, 0.717) is 30.0 Å². The summed E-state index contributed by atoms with van der Waals surface area (Å²) >= 11 is 1.41. The van der Waals surface area contributed by atoms with Crippen LogP contribution >= 0.6 is 11.3 Å². The third kappa shape index (κ3) is 2.50. The molecule has 4 nitrogen and oxygen atoms in total. The van der Waals surface area contributed by atoms with E-state index in [9.17, 15) is 9.18 Å². The number of carbonyl (C=O) groups is 1. The number of benzene rings is 1. The van der Waals surface area contributed by atoms with E-state index >= 15 is 0 Å². The van der Waals surface area contributed by atoms with E-state index in [1.807, 2.05) is 19.2 Å². The highest BCUT2D eigenvalue weighted by Crippen LogP contribution is 2.24. The highest BCUT2D eigenvalue weighted by atomic mass is 32.1. The number of thiazole rings is 1. The van der Waals surface area contributed by atoms with Crippen LogP contribution in [0.3, 0.4) is 0 Å². The summed E-state index contributed by atoms with van der Waals surface area (Å²) in [6.07, 6.45) is 1.79. The molecule has 0 saturated heterocycles. The zero-order valence-electron chi connectivity index (χ0n) is 12.4. The van der Waals surface area contributed by atoms with Gasteiger partial charge in [0.1, 0.15) is 11.5 Å². The summed E-state index contributed by atoms with van der Waals surface area (Å²) in [5.74, 6) is -0.312. The Bertz CT molecular complexity index is 820. The van der Waals surface area contributed by atoms with Crippen molar-refractivity contribution in [3.05, 3.63) is 47.4 Å². The molecule has 0 fully saturated rings. The van der Waals surface area contributed by atoms with Crippen LogP contribution in [0.4, 0.5) is 4.39 Å². The lowest BCUT2D eigenvalue weighted by Crippen LogP contribution is -2.31. The lowest BCUT2D eigenvalue weighted by molar-refractivity contribution is 0.0766. The molecule has 1 amide bonds. The number of rotatable bonds is 4. The fourth-order valence-corrected chi connectivity index (χ4v) is 3.24. The Labute approximate surface area is 131 Å². The molecular formula is C16H16FN3OS. The summed E-state index contributed by atoms with van der Waals surface area (Å²) in [6.45, 7) is 5.24. The van der Waals surface area contributed by atoms with Gasteiger partial charge in [0.05, 0.1) is 5.69 Å². The van der Waals surface area contributed by atoms with E-state index in [1.165, 1.54) is 23.5 Å². The summed E-state index contributed by atoms with van der Waals surface area (Å²) in [4.78, 5) is 19.5. The smallest absolute Gasteiger partial charge is 0.271 e. The molecule has 114 valence electrons. The van der Waals surface area contributed by atoms with Gasteiger partial charge in [0.15, 0.2) is 4.96 Å². The van der Waals surface area contributed by atoms with Gasteiger partial charge in [-0.25, -0.2) is 9.37 Å². The van der Waals surface area contributed by atoms with Gasteiger partial charge in [0.25, 0.3) is 5.91 Å². The lowest BCUT2D eigenvalue weighted by Gasteiger charge is -2.17. The van der Waals surface area contributed by atoms with Gasteiger partial charge in [0, 0.05) is 30.2 Å². The number of hydrogen-bond acceptors (Lipinski definition) is 3. The van der Waals surface area contributed by atoms with Crippen molar-refractivity contribution < 1.29 is 9.18 Å². The zero-order chi connectivity index (χ0) is 15.7. The minimum atomic E-state index is -0.298. The Balaban J connectivity index is 2.03. The molecule has 1 aromatic carbocycles. The molecule has 0 spiro atoms. The van der Waals surface area contributed by atoms with Crippen LogP contribution in [0.25, 0.3) is 16.2 Å². The van der Waals surface area contributed by atoms with Crippen LogP contribution in [-0.2, 0) is 0 Å². The second kappa shape index (κ2) is 5.88. The fraction of sp³-hybridized carbons (Fsp3) is 0.250. The molecule has 0 aliphatic rings. The summed E-state index contributed by atoms with van der Waals surface area (Å²) in [5.41, 5.74) is 1.97. The van der Waals surface area contributed by atoms with Crippen molar-refractivity contribution in [2.75, 3.05) is 13.1 Å². The number of aromatic nitrogens is 2. The number of halogens is 1. The molecule has 2 aromatic heterocycles. The maximum Gasteiger partial charge on any atom is 0.271 e. The molecular weight excluding hydrogens is 301 g/mol. The molecule has 0 bridgehead atoms. The van der Waals surface area contributed by atoms with Crippen LogP contribution < -0.4 is 0 Å². The van der Waals surface area contributed by atoms with Crippen molar-refractivity contribution in [1.82, 2.24) is 14.3 Å². The number of amides is 1. The third-order valence-electron chi connectivity index (χ3n) is 3.60. The average Bonchev–Trinajstić information content (AvgIpc) is 3.08. The predicted octanol–water partition coefficient (Wildman–Crippen LogP) is 3.68. The van der Waals surface area contributed by atoms with Crippen LogP contribution in [0.5, 0.6) is 0 Å². The summed E-state index contributed by atoms with van der Waals surface area (Å²) in [6, 6.07) is 6.30. The quantitative estimate of drug-likeness (QED) is 0.736. The Morgan fingerprint density at radius 1 is 1.36 bits per heavy atom. The van der Waals surface area contributed by atoms with E-state index in [1.54, 1.807) is 27.6 Å². The van der Waals surface area contributed by atoms with Crippen molar-refractivity contribution in [2.45, 2.75) is 13.8 Å². The van der Waals surface area contributed by atoms with Crippen LogP contribution in [-0.4, -0.2) is 33.3 Å². The Hall–Kier alpha value is -2.21. The SMILES string of the molecule is CCN(CC)C(=O)c1csc2nc(-c3cccc(F)c3)cn12. The zero-order valence-corrected chi connectivity index (χ0v) is 13.2. The number of fused-ring (bicyclic) bond motifs is 1. The molecule has 2 heterocycles. The first-order chi connectivity index (χ1) is 10.6. The third-order valence-corrected chi connectivity index (χ3v) is 4.44. The van der Waals surface area contributed by atoms with Gasteiger partial charge in [0.2, 0.25) is 0 Å². The Morgan fingerprint density at radius 3 is 2.82 bits per heavy atom. The molecule has 3 aromatic rings. The van der Waals surface area contributed by atoms with E-state index in [2.05, 4.69) is 4.98 Å². The Morgan fingerprint density at radius 2 is 2.14 bits per heavy atom. The molecule has 3 rings (SSSR count). The second-order valence-corrected chi connectivity index (χ2v) is 5.72. The fourth-order valence-electron chi connectivity index (χ4n) is 2.40. The van der Waals surface area contributed by atoms with Crippen molar-refractivity contribution in [2.24, 2.45) is 0 Å². The molecule has 0 aliphatic heterocycles. The first kappa shape index (κ1) is 14.7. The maximum absolute atomic E-state index is 13.3. The molecule has 22 heavy (non-hydrogen) atoms. The van der Waals surface area contributed by atoms with E-state index in [0.717, 1.165) is 4.96 Å². The van der Waals surface area contributed by atoms with Crippen molar-refractivity contribution in [3.63, 3.8) is 0 Å². The number of imidazole rings is 1. The van der Waals surface area contributed by atoms with E-state index in [4.69, 9.17) is 0 Å². The lowest BCUT2D eigenvalue weighted by atomic mass is 10.2. The monoisotopic (exact) mass is 317 g/mol.